The normalized spacial score (nSPS) is 13.8. The SMILES string of the molecule is NC(N)=NCCCC(NC(=O)C(CO)NC(=O)C(CCC(=O)O)NC(=O)C(N)Cc1c[nH]c2ccccc12)C(=O)O. The van der Waals surface area contributed by atoms with Gasteiger partial charge in [0.05, 0.1) is 12.6 Å². The van der Waals surface area contributed by atoms with Crippen LogP contribution in [-0.4, -0.2) is 93.2 Å². The van der Waals surface area contributed by atoms with Crippen LogP contribution in [0.5, 0.6) is 0 Å². The van der Waals surface area contributed by atoms with Gasteiger partial charge in [0.15, 0.2) is 5.96 Å². The molecule has 1 heterocycles. The van der Waals surface area contributed by atoms with E-state index in [0.717, 1.165) is 16.5 Å². The van der Waals surface area contributed by atoms with E-state index in [0.29, 0.717) is 0 Å². The van der Waals surface area contributed by atoms with E-state index < -0.39 is 66.9 Å². The number of rotatable bonds is 17. The zero-order valence-corrected chi connectivity index (χ0v) is 22.2. The van der Waals surface area contributed by atoms with Gasteiger partial charge in [0.1, 0.15) is 18.1 Å². The summed E-state index contributed by atoms with van der Waals surface area (Å²) in [6.07, 6.45) is 1.16. The summed E-state index contributed by atoms with van der Waals surface area (Å²) in [5.41, 5.74) is 18.1. The highest BCUT2D eigenvalue weighted by Crippen LogP contribution is 2.18. The van der Waals surface area contributed by atoms with E-state index in [9.17, 15) is 34.2 Å². The van der Waals surface area contributed by atoms with E-state index in [-0.39, 0.29) is 38.2 Å². The predicted octanol–water partition coefficient (Wildman–Crippen LogP) is -2.51. The molecule has 13 N–H and O–H groups in total. The molecule has 16 heteroatoms. The third-order valence-electron chi connectivity index (χ3n) is 6.11. The fourth-order valence-electron chi connectivity index (χ4n) is 3.95. The Labute approximate surface area is 234 Å². The van der Waals surface area contributed by atoms with Gasteiger partial charge in [-0.3, -0.25) is 24.2 Å². The Balaban J connectivity index is 2.05. The van der Waals surface area contributed by atoms with E-state index in [2.05, 4.69) is 25.9 Å². The number of amides is 3. The van der Waals surface area contributed by atoms with Crippen LogP contribution in [0.4, 0.5) is 0 Å². The summed E-state index contributed by atoms with van der Waals surface area (Å²) in [5.74, 6) is -5.48. The standard InChI is InChI=1S/C25H36N8O8/c26-15(10-13-11-30-16-5-2-1-4-14(13)16)21(37)31-17(7-8-20(35)36)22(38)33-19(12-34)23(39)32-18(24(40)41)6-3-9-29-25(27)28/h1-2,4-5,11,15,17-19,30,34H,3,6-10,12,26H2,(H,31,37)(H,32,39)(H,33,38)(H,35,36)(H,40,41)(H4,27,28,29). The summed E-state index contributed by atoms with van der Waals surface area (Å²) in [6.45, 7) is -0.785. The first-order valence-corrected chi connectivity index (χ1v) is 12.8. The molecule has 41 heavy (non-hydrogen) atoms. The lowest BCUT2D eigenvalue weighted by Crippen LogP contribution is -2.58. The van der Waals surface area contributed by atoms with Crippen molar-refractivity contribution in [3.05, 3.63) is 36.0 Å². The van der Waals surface area contributed by atoms with Crippen molar-refractivity contribution in [1.29, 1.82) is 0 Å². The van der Waals surface area contributed by atoms with E-state index in [1.807, 2.05) is 24.3 Å². The van der Waals surface area contributed by atoms with Crippen LogP contribution in [0.25, 0.3) is 10.9 Å². The number of carboxylic acid groups (broad SMARTS) is 2. The van der Waals surface area contributed by atoms with Crippen LogP contribution < -0.4 is 33.2 Å². The summed E-state index contributed by atoms with van der Waals surface area (Å²) in [5, 5.41) is 35.9. The Kier molecular flexibility index (Phi) is 12.5. The summed E-state index contributed by atoms with van der Waals surface area (Å²) < 4.78 is 0. The van der Waals surface area contributed by atoms with Gasteiger partial charge in [-0.1, -0.05) is 18.2 Å². The first-order chi connectivity index (χ1) is 19.4. The second kappa shape index (κ2) is 15.8. The fraction of sp³-hybridized carbons (Fsp3) is 0.440. The summed E-state index contributed by atoms with van der Waals surface area (Å²) in [7, 11) is 0. The number of aliphatic imine (C=N–C) groups is 1. The van der Waals surface area contributed by atoms with Crippen LogP contribution in [0, 0.1) is 0 Å². The molecule has 2 rings (SSSR count). The Morgan fingerprint density at radius 3 is 2.17 bits per heavy atom. The Hall–Kier alpha value is -4.70. The summed E-state index contributed by atoms with van der Waals surface area (Å²) in [6, 6.07) is 1.92. The van der Waals surface area contributed by atoms with Crippen molar-refractivity contribution in [2.24, 2.45) is 22.2 Å². The number of H-pyrrole nitrogens is 1. The molecule has 0 aliphatic rings. The largest absolute Gasteiger partial charge is 0.481 e. The number of hydrogen-bond acceptors (Lipinski definition) is 8. The van der Waals surface area contributed by atoms with Crippen molar-refractivity contribution in [3.63, 3.8) is 0 Å². The minimum absolute atomic E-state index is 0.0461. The highest BCUT2D eigenvalue weighted by Gasteiger charge is 2.30. The molecule has 1 aromatic carbocycles. The van der Waals surface area contributed by atoms with Crippen molar-refractivity contribution in [2.45, 2.75) is 56.3 Å². The number of nitrogens with two attached hydrogens (primary N) is 3. The number of carboxylic acids is 2. The summed E-state index contributed by atoms with van der Waals surface area (Å²) in [4.78, 5) is 68.0. The molecular formula is C25H36N8O8. The number of aromatic amines is 1. The molecule has 0 aliphatic carbocycles. The van der Waals surface area contributed by atoms with Gasteiger partial charge >= 0.3 is 11.9 Å². The predicted molar refractivity (Wildman–Crippen MR) is 147 cm³/mol. The number of benzene rings is 1. The topological polar surface area (TPSA) is 288 Å². The fourth-order valence-corrected chi connectivity index (χ4v) is 3.95. The van der Waals surface area contributed by atoms with E-state index >= 15 is 0 Å². The van der Waals surface area contributed by atoms with Crippen molar-refractivity contribution in [3.8, 4) is 0 Å². The smallest absolute Gasteiger partial charge is 0.326 e. The molecule has 0 fully saturated rings. The average molecular weight is 577 g/mol. The molecule has 224 valence electrons. The second-order valence-electron chi connectivity index (χ2n) is 9.26. The number of nitrogens with zero attached hydrogens (tertiary/aromatic N) is 1. The lowest BCUT2D eigenvalue weighted by Gasteiger charge is -2.24. The first kappa shape index (κ1) is 32.5. The lowest BCUT2D eigenvalue weighted by atomic mass is 10.0. The highest BCUT2D eigenvalue weighted by molar-refractivity contribution is 5.94. The summed E-state index contributed by atoms with van der Waals surface area (Å²) >= 11 is 0. The average Bonchev–Trinajstić information content (AvgIpc) is 3.33. The number of nitrogens with one attached hydrogen (secondary N) is 4. The number of fused-ring (bicyclic) bond motifs is 1. The van der Waals surface area contributed by atoms with Gasteiger partial charge in [-0.25, -0.2) is 4.79 Å². The number of aliphatic hydroxyl groups excluding tert-OH is 1. The van der Waals surface area contributed by atoms with Crippen molar-refractivity contribution >= 4 is 46.5 Å². The number of aliphatic carboxylic acids is 2. The number of carbonyl (C=O) groups is 5. The third-order valence-corrected chi connectivity index (χ3v) is 6.11. The van der Waals surface area contributed by atoms with Crippen LogP contribution in [0.2, 0.25) is 0 Å². The molecule has 4 unspecified atom stereocenters. The van der Waals surface area contributed by atoms with Gasteiger partial charge < -0.3 is 53.5 Å². The van der Waals surface area contributed by atoms with Crippen LogP contribution in [-0.2, 0) is 30.4 Å². The number of para-hydroxylation sites is 1. The van der Waals surface area contributed by atoms with Crippen LogP contribution >= 0.6 is 0 Å². The molecule has 2 aromatic rings. The minimum Gasteiger partial charge on any atom is -0.481 e. The van der Waals surface area contributed by atoms with Gasteiger partial charge in [0.2, 0.25) is 17.7 Å². The Morgan fingerprint density at radius 1 is 0.902 bits per heavy atom. The zero-order valence-electron chi connectivity index (χ0n) is 22.2. The molecule has 0 bridgehead atoms. The van der Waals surface area contributed by atoms with Gasteiger partial charge in [0, 0.05) is 30.1 Å². The molecule has 16 nitrogen and oxygen atoms in total. The van der Waals surface area contributed by atoms with Crippen molar-refractivity contribution in [1.82, 2.24) is 20.9 Å². The maximum atomic E-state index is 13.0. The third kappa shape index (κ3) is 10.4. The quantitative estimate of drug-likeness (QED) is 0.0533. The van der Waals surface area contributed by atoms with Crippen LogP contribution in [0.3, 0.4) is 0 Å². The Bertz CT molecular complexity index is 1260. The van der Waals surface area contributed by atoms with E-state index in [4.69, 9.17) is 22.3 Å². The van der Waals surface area contributed by atoms with Gasteiger partial charge in [-0.15, -0.1) is 0 Å². The van der Waals surface area contributed by atoms with Crippen LogP contribution in [0.1, 0.15) is 31.2 Å². The molecule has 0 radical (unpaired) electrons. The monoisotopic (exact) mass is 576 g/mol. The molecule has 3 amide bonds. The minimum atomic E-state index is -1.59. The molecular weight excluding hydrogens is 540 g/mol. The lowest BCUT2D eigenvalue weighted by molar-refractivity contribution is -0.142. The molecule has 0 spiro atoms. The van der Waals surface area contributed by atoms with E-state index in [1.165, 1.54) is 0 Å². The highest BCUT2D eigenvalue weighted by atomic mass is 16.4. The number of aromatic nitrogens is 1. The number of hydrogen-bond donors (Lipinski definition) is 10. The maximum absolute atomic E-state index is 13.0. The van der Waals surface area contributed by atoms with Crippen molar-refractivity contribution < 1.29 is 39.3 Å². The number of carbonyl (C=O) groups excluding carboxylic acids is 3. The molecule has 0 saturated heterocycles. The van der Waals surface area contributed by atoms with Crippen molar-refractivity contribution in [2.75, 3.05) is 13.2 Å². The number of guanidine groups is 1. The molecule has 4 atom stereocenters. The van der Waals surface area contributed by atoms with Gasteiger partial charge in [0.25, 0.3) is 0 Å². The second-order valence-corrected chi connectivity index (χ2v) is 9.26. The first-order valence-electron chi connectivity index (χ1n) is 12.8. The molecule has 1 aromatic heterocycles. The Morgan fingerprint density at radius 2 is 1.54 bits per heavy atom. The van der Waals surface area contributed by atoms with Gasteiger partial charge in [-0.2, -0.15) is 0 Å². The maximum Gasteiger partial charge on any atom is 0.326 e. The van der Waals surface area contributed by atoms with Gasteiger partial charge in [-0.05, 0) is 37.3 Å². The van der Waals surface area contributed by atoms with E-state index in [1.54, 1.807) is 6.20 Å². The molecule has 0 saturated carbocycles. The zero-order chi connectivity index (χ0) is 30.5. The number of aliphatic hydroxyl groups is 1. The van der Waals surface area contributed by atoms with Crippen LogP contribution in [0.15, 0.2) is 35.5 Å². The molecule has 0 aliphatic heterocycles.